The number of aliphatic imine (C=N–C) groups is 2. The van der Waals surface area contributed by atoms with Crippen molar-refractivity contribution in [2.75, 3.05) is 19.8 Å². The molecule has 0 spiro atoms. The van der Waals surface area contributed by atoms with Crippen LogP contribution in [-0.2, 0) is 9.47 Å². The standard InChI is InChI=1S/C35H48N2O3/c1-34(2)24-39-32(36-34)30-21-18-28(22-31(30)33-37-35(3,4)25-40-33)27-16-19-29(20-17-27)38-23-26-14-12-10-8-6-5-7-9-11-13-15-26/h16-22,26H,5-15,23-25H2,1-4H3. The smallest absolute Gasteiger partial charge is 0.217 e. The zero-order valence-electron chi connectivity index (χ0n) is 25.1. The first kappa shape index (κ1) is 28.7. The molecule has 2 aromatic rings. The average molecular weight is 545 g/mol. The first-order chi connectivity index (χ1) is 19.3. The van der Waals surface area contributed by atoms with Gasteiger partial charge in [0.2, 0.25) is 11.8 Å². The Kier molecular flexibility index (Phi) is 9.17. The van der Waals surface area contributed by atoms with E-state index in [1.807, 2.05) is 0 Å². The van der Waals surface area contributed by atoms with E-state index in [2.05, 4.69) is 70.2 Å². The second-order valence-corrected chi connectivity index (χ2v) is 13.3. The van der Waals surface area contributed by atoms with E-state index in [1.165, 1.54) is 70.6 Å². The van der Waals surface area contributed by atoms with Gasteiger partial charge in [0.25, 0.3) is 0 Å². The molecule has 0 radical (unpaired) electrons. The van der Waals surface area contributed by atoms with Crippen LogP contribution >= 0.6 is 0 Å². The van der Waals surface area contributed by atoms with Gasteiger partial charge in [0.1, 0.15) is 19.0 Å². The van der Waals surface area contributed by atoms with Gasteiger partial charge in [0, 0.05) is 11.1 Å². The first-order valence-electron chi connectivity index (χ1n) is 15.6. The van der Waals surface area contributed by atoms with Gasteiger partial charge in [-0.05, 0) is 81.8 Å². The zero-order chi connectivity index (χ0) is 28.0. The third kappa shape index (κ3) is 7.67. The van der Waals surface area contributed by atoms with Gasteiger partial charge in [-0.15, -0.1) is 0 Å². The number of rotatable bonds is 6. The molecule has 0 N–H and O–H groups in total. The second-order valence-electron chi connectivity index (χ2n) is 13.3. The lowest BCUT2D eigenvalue weighted by atomic mass is 9.93. The van der Waals surface area contributed by atoms with E-state index in [1.54, 1.807) is 0 Å². The van der Waals surface area contributed by atoms with Crippen LogP contribution in [0.4, 0.5) is 0 Å². The minimum atomic E-state index is -0.243. The van der Waals surface area contributed by atoms with Crippen molar-refractivity contribution in [3.05, 3.63) is 53.6 Å². The van der Waals surface area contributed by atoms with Crippen LogP contribution in [-0.4, -0.2) is 42.7 Å². The molecule has 5 rings (SSSR count). The summed E-state index contributed by atoms with van der Waals surface area (Å²) in [6.45, 7) is 10.3. The Morgan fingerprint density at radius 2 is 1.15 bits per heavy atom. The van der Waals surface area contributed by atoms with Crippen molar-refractivity contribution in [1.82, 2.24) is 0 Å². The van der Waals surface area contributed by atoms with Gasteiger partial charge in [-0.3, -0.25) is 0 Å². The molecule has 1 saturated carbocycles. The summed E-state index contributed by atoms with van der Waals surface area (Å²) < 4.78 is 18.4. The van der Waals surface area contributed by atoms with E-state index in [9.17, 15) is 0 Å². The van der Waals surface area contributed by atoms with Crippen molar-refractivity contribution < 1.29 is 14.2 Å². The molecule has 0 aromatic heterocycles. The van der Waals surface area contributed by atoms with Crippen LogP contribution in [0.25, 0.3) is 11.1 Å². The van der Waals surface area contributed by atoms with E-state index in [4.69, 9.17) is 24.2 Å². The minimum absolute atomic E-state index is 0.230. The zero-order valence-corrected chi connectivity index (χ0v) is 25.1. The summed E-state index contributed by atoms with van der Waals surface area (Å²) in [5.74, 6) is 2.94. The van der Waals surface area contributed by atoms with Gasteiger partial charge in [-0.25, -0.2) is 9.98 Å². The summed E-state index contributed by atoms with van der Waals surface area (Å²) in [6, 6.07) is 14.9. The second kappa shape index (κ2) is 12.8. The normalized spacial score (nSPS) is 21.8. The molecule has 0 saturated heterocycles. The molecule has 40 heavy (non-hydrogen) atoms. The van der Waals surface area contributed by atoms with Crippen molar-refractivity contribution in [2.45, 2.75) is 109 Å². The maximum Gasteiger partial charge on any atom is 0.217 e. The highest BCUT2D eigenvalue weighted by atomic mass is 16.5. The summed E-state index contributed by atoms with van der Waals surface area (Å²) in [7, 11) is 0. The van der Waals surface area contributed by atoms with Crippen molar-refractivity contribution >= 4 is 11.8 Å². The molecule has 2 aromatic carbocycles. The van der Waals surface area contributed by atoms with Gasteiger partial charge in [0.05, 0.1) is 17.7 Å². The summed E-state index contributed by atoms with van der Waals surface area (Å²) in [6.07, 6.45) is 15.1. The van der Waals surface area contributed by atoms with E-state index in [-0.39, 0.29) is 11.1 Å². The Balaban J connectivity index is 1.29. The fourth-order valence-corrected chi connectivity index (χ4v) is 5.90. The highest BCUT2D eigenvalue weighted by molar-refractivity contribution is 6.09. The average Bonchev–Trinajstić information content (AvgIpc) is 3.49. The molecule has 2 aliphatic heterocycles. The molecular weight excluding hydrogens is 496 g/mol. The number of nitrogens with zero attached hydrogens (tertiary/aromatic N) is 2. The maximum atomic E-state index is 6.32. The molecule has 1 aliphatic carbocycles. The third-order valence-electron chi connectivity index (χ3n) is 8.31. The molecule has 2 heterocycles. The van der Waals surface area contributed by atoms with E-state index >= 15 is 0 Å². The van der Waals surface area contributed by atoms with Crippen LogP contribution in [0.2, 0.25) is 0 Å². The SMILES string of the molecule is CC1(C)COC(c2ccc(-c3ccc(OCC4CCCCCCCCCCC4)cc3)cc2C2=NC(C)(C)CO2)=N1. The quantitative estimate of drug-likeness (QED) is 0.365. The number of benzene rings is 2. The lowest BCUT2D eigenvalue weighted by Gasteiger charge is -2.19. The summed E-state index contributed by atoms with van der Waals surface area (Å²) in [5.41, 5.74) is 3.64. The summed E-state index contributed by atoms with van der Waals surface area (Å²) in [5, 5.41) is 0. The predicted octanol–water partition coefficient (Wildman–Crippen LogP) is 8.76. The van der Waals surface area contributed by atoms with Crippen LogP contribution in [0.3, 0.4) is 0 Å². The molecule has 1 fully saturated rings. The topological polar surface area (TPSA) is 52.4 Å². The van der Waals surface area contributed by atoms with Crippen molar-refractivity contribution in [2.24, 2.45) is 15.9 Å². The molecule has 0 amide bonds. The number of hydrogen-bond donors (Lipinski definition) is 0. The Morgan fingerprint density at radius 1 is 0.650 bits per heavy atom. The highest BCUT2D eigenvalue weighted by Gasteiger charge is 2.32. The molecule has 3 aliphatic rings. The highest BCUT2D eigenvalue weighted by Crippen LogP contribution is 2.31. The van der Waals surface area contributed by atoms with Crippen molar-refractivity contribution in [3.63, 3.8) is 0 Å². The first-order valence-corrected chi connectivity index (χ1v) is 15.6. The van der Waals surface area contributed by atoms with Crippen LogP contribution in [0.1, 0.15) is 109 Å². The Labute approximate surface area is 241 Å². The van der Waals surface area contributed by atoms with Crippen molar-refractivity contribution in [3.8, 4) is 16.9 Å². The fraction of sp³-hybridized carbons (Fsp3) is 0.600. The fourth-order valence-electron chi connectivity index (χ4n) is 5.90. The summed E-state index contributed by atoms with van der Waals surface area (Å²) >= 11 is 0. The molecule has 0 atom stereocenters. The molecule has 5 heteroatoms. The maximum absolute atomic E-state index is 6.32. The van der Waals surface area contributed by atoms with Gasteiger partial charge in [-0.1, -0.05) is 76.0 Å². The van der Waals surface area contributed by atoms with Crippen LogP contribution in [0.15, 0.2) is 52.4 Å². The van der Waals surface area contributed by atoms with Gasteiger partial charge in [-0.2, -0.15) is 0 Å². The van der Waals surface area contributed by atoms with Crippen molar-refractivity contribution in [1.29, 1.82) is 0 Å². The van der Waals surface area contributed by atoms with Gasteiger partial charge < -0.3 is 14.2 Å². The molecule has 216 valence electrons. The van der Waals surface area contributed by atoms with Gasteiger partial charge in [0.15, 0.2) is 0 Å². The molecule has 5 nitrogen and oxygen atoms in total. The monoisotopic (exact) mass is 544 g/mol. The Hall–Kier alpha value is -2.82. The molecule has 0 bridgehead atoms. The van der Waals surface area contributed by atoms with Crippen LogP contribution in [0, 0.1) is 5.92 Å². The lowest BCUT2D eigenvalue weighted by molar-refractivity contribution is 0.223. The van der Waals surface area contributed by atoms with E-state index < -0.39 is 0 Å². The Bertz CT molecular complexity index is 1180. The lowest BCUT2D eigenvalue weighted by Crippen LogP contribution is -2.17. The minimum Gasteiger partial charge on any atom is -0.493 e. The molecule has 0 unspecified atom stereocenters. The largest absolute Gasteiger partial charge is 0.493 e. The predicted molar refractivity (Wildman–Crippen MR) is 165 cm³/mol. The van der Waals surface area contributed by atoms with Gasteiger partial charge >= 0.3 is 0 Å². The summed E-state index contributed by atoms with van der Waals surface area (Å²) in [4.78, 5) is 9.70. The molecular formula is C35H48N2O3. The number of ether oxygens (including phenoxy) is 3. The van der Waals surface area contributed by atoms with E-state index in [0.717, 1.165) is 34.6 Å². The van der Waals surface area contributed by atoms with Crippen LogP contribution in [0.5, 0.6) is 5.75 Å². The van der Waals surface area contributed by atoms with Crippen LogP contribution < -0.4 is 4.74 Å². The third-order valence-corrected chi connectivity index (χ3v) is 8.31. The number of hydrogen-bond acceptors (Lipinski definition) is 5. The Morgan fingerprint density at radius 3 is 1.68 bits per heavy atom. The van der Waals surface area contributed by atoms with E-state index in [0.29, 0.717) is 30.9 Å².